The molecule has 1 aromatic rings. The van der Waals surface area contributed by atoms with Crippen LogP contribution in [0, 0.1) is 5.92 Å². The molecular formula is C13H19N3O3. The van der Waals surface area contributed by atoms with E-state index in [-0.39, 0.29) is 24.3 Å². The second-order valence-corrected chi connectivity index (χ2v) is 4.22. The summed E-state index contributed by atoms with van der Waals surface area (Å²) in [5, 5.41) is 5.37. The smallest absolute Gasteiger partial charge is 0.228 e. The summed E-state index contributed by atoms with van der Waals surface area (Å²) in [5.41, 5.74) is 6.53. The molecule has 19 heavy (non-hydrogen) atoms. The molecule has 0 radical (unpaired) electrons. The molecule has 0 spiro atoms. The SMILES string of the molecule is COc1ccc(NC(C)=O)cc1NC(=O)C(C)CN. The first kappa shape index (κ1) is 15.0. The molecular weight excluding hydrogens is 246 g/mol. The van der Waals surface area contributed by atoms with Gasteiger partial charge in [0.05, 0.1) is 12.8 Å². The number of nitrogens with two attached hydrogens (primary N) is 1. The minimum absolute atomic E-state index is 0.183. The first-order valence-electron chi connectivity index (χ1n) is 5.94. The zero-order chi connectivity index (χ0) is 14.4. The fourth-order valence-electron chi connectivity index (χ4n) is 1.45. The maximum atomic E-state index is 11.8. The van der Waals surface area contributed by atoms with E-state index in [1.165, 1.54) is 14.0 Å². The van der Waals surface area contributed by atoms with E-state index in [4.69, 9.17) is 10.5 Å². The van der Waals surface area contributed by atoms with Gasteiger partial charge in [-0.05, 0) is 18.2 Å². The quantitative estimate of drug-likeness (QED) is 0.745. The summed E-state index contributed by atoms with van der Waals surface area (Å²) in [7, 11) is 1.51. The molecule has 2 amide bonds. The lowest BCUT2D eigenvalue weighted by Crippen LogP contribution is -2.26. The van der Waals surface area contributed by atoms with E-state index in [0.29, 0.717) is 17.1 Å². The summed E-state index contributed by atoms with van der Waals surface area (Å²) in [6, 6.07) is 5.01. The number of carbonyl (C=O) groups excluding carboxylic acids is 2. The topological polar surface area (TPSA) is 93.5 Å². The van der Waals surface area contributed by atoms with Crippen LogP contribution in [0.4, 0.5) is 11.4 Å². The number of amides is 2. The van der Waals surface area contributed by atoms with Gasteiger partial charge < -0.3 is 21.1 Å². The molecule has 6 nitrogen and oxygen atoms in total. The average molecular weight is 265 g/mol. The number of rotatable bonds is 5. The lowest BCUT2D eigenvalue weighted by Gasteiger charge is -2.14. The molecule has 1 atom stereocenters. The fourth-order valence-corrected chi connectivity index (χ4v) is 1.45. The van der Waals surface area contributed by atoms with Gasteiger partial charge in [-0.15, -0.1) is 0 Å². The third-order valence-corrected chi connectivity index (χ3v) is 2.58. The van der Waals surface area contributed by atoms with Gasteiger partial charge in [-0.25, -0.2) is 0 Å². The first-order valence-corrected chi connectivity index (χ1v) is 5.94. The summed E-state index contributed by atoms with van der Waals surface area (Å²) in [6.45, 7) is 3.41. The first-order chi connectivity index (χ1) is 8.97. The van der Waals surface area contributed by atoms with Crippen LogP contribution in [0.3, 0.4) is 0 Å². The van der Waals surface area contributed by atoms with Gasteiger partial charge in [0, 0.05) is 25.1 Å². The zero-order valence-electron chi connectivity index (χ0n) is 11.3. The van der Waals surface area contributed by atoms with Gasteiger partial charge in [0.25, 0.3) is 0 Å². The van der Waals surface area contributed by atoms with Gasteiger partial charge in [0.1, 0.15) is 5.75 Å². The molecule has 0 heterocycles. The zero-order valence-corrected chi connectivity index (χ0v) is 11.3. The van der Waals surface area contributed by atoms with E-state index in [9.17, 15) is 9.59 Å². The Morgan fingerprint density at radius 2 is 2.05 bits per heavy atom. The number of anilines is 2. The minimum atomic E-state index is -0.297. The highest BCUT2D eigenvalue weighted by molar-refractivity contribution is 5.96. The number of methoxy groups -OCH3 is 1. The van der Waals surface area contributed by atoms with Gasteiger partial charge in [0.2, 0.25) is 11.8 Å². The summed E-state index contributed by atoms with van der Waals surface area (Å²) in [4.78, 5) is 22.8. The van der Waals surface area contributed by atoms with E-state index in [2.05, 4.69) is 10.6 Å². The molecule has 0 bridgehead atoms. The average Bonchev–Trinajstić information content (AvgIpc) is 2.37. The summed E-state index contributed by atoms with van der Waals surface area (Å²) in [6.07, 6.45) is 0. The van der Waals surface area contributed by atoms with Crippen LogP contribution in [0.5, 0.6) is 5.75 Å². The number of benzene rings is 1. The number of carbonyl (C=O) groups is 2. The lowest BCUT2D eigenvalue weighted by molar-refractivity contribution is -0.119. The van der Waals surface area contributed by atoms with E-state index in [1.54, 1.807) is 25.1 Å². The minimum Gasteiger partial charge on any atom is -0.495 e. The molecule has 0 aliphatic rings. The number of ether oxygens (including phenoxy) is 1. The van der Waals surface area contributed by atoms with Crippen LogP contribution in [-0.4, -0.2) is 25.5 Å². The Kier molecular flexibility index (Phi) is 5.32. The molecule has 1 rings (SSSR count). The predicted octanol–water partition coefficient (Wildman–Crippen LogP) is 1.19. The normalized spacial score (nSPS) is 11.6. The maximum Gasteiger partial charge on any atom is 0.228 e. The number of hydrogen-bond donors (Lipinski definition) is 3. The molecule has 0 aromatic heterocycles. The maximum absolute atomic E-state index is 11.8. The van der Waals surface area contributed by atoms with Crippen molar-refractivity contribution < 1.29 is 14.3 Å². The second-order valence-electron chi connectivity index (χ2n) is 4.22. The highest BCUT2D eigenvalue weighted by Gasteiger charge is 2.14. The molecule has 1 unspecified atom stereocenters. The van der Waals surface area contributed by atoms with Gasteiger partial charge in [-0.3, -0.25) is 9.59 Å². The van der Waals surface area contributed by atoms with Gasteiger partial charge in [-0.2, -0.15) is 0 Å². The third kappa shape index (κ3) is 4.26. The van der Waals surface area contributed by atoms with E-state index in [0.717, 1.165) is 0 Å². The summed E-state index contributed by atoms with van der Waals surface area (Å²) in [5.74, 6) is -0.153. The standard InChI is InChI=1S/C13H19N3O3/c1-8(7-14)13(18)16-11-6-10(15-9(2)17)4-5-12(11)19-3/h4-6,8H,7,14H2,1-3H3,(H,15,17)(H,16,18). The third-order valence-electron chi connectivity index (χ3n) is 2.58. The molecule has 0 aliphatic heterocycles. The largest absolute Gasteiger partial charge is 0.495 e. The van der Waals surface area contributed by atoms with Crippen LogP contribution in [0.25, 0.3) is 0 Å². The Bertz CT molecular complexity index is 474. The predicted molar refractivity (Wildman–Crippen MR) is 74.1 cm³/mol. The monoisotopic (exact) mass is 265 g/mol. The molecule has 0 saturated heterocycles. The van der Waals surface area contributed by atoms with Crippen molar-refractivity contribution in [1.29, 1.82) is 0 Å². The van der Waals surface area contributed by atoms with Crippen LogP contribution in [0.1, 0.15) is 13.8 Å². The van der Waals surface area contributed by atoms with Gasteiger partial charge >= 0.3 is 0 Å². The highest BCUT2D eigenvalue weighted by atomic mass is 16.5. The van der Waals surface area contributed by atoms with Crippen molar-refractivity contribution in [2.45, 2.75) is 13.8 Å². The van der Waals surface area contributed by atoms with Crippen molar-refractivity contribution in [3.63, 3.8) is 0 Å². The van der Waals surface area contributed by atoms with Crippen molar-refractivity contribution in [1.82, 2.24) is 0 Å². The molecule has 0 aliphatic carbocycles. The van der Waals surface area contributed by atoms with Crippen molar-refractivity contribution >= 4 is 23.2 Å². The van der Waals surface area contributed by atoms with Crippen molar-refractivity contribution in [2.24, 2.45) is 11.7 Å². The van der Waals surface area contributed by atoms with Gasteiger partial charge in [-0.1, -0.05) is 6.92 Å². The number of nitrogens with one attached hydrogen (secondary N) is 2. The Morgan fingerprint density at radius 1 is 1.37 bits per heavy atom. The molecule has 0 saturated carbocycles. The fraction of sp³-hybridized carbons (Fsp3) is 0.385. The Morgan fingerprint density at radius 3 is 2.58 bits per heavy atom. The molecule has 6 heteroatoms. The molecule has 0 fully saturated rings. The van der Waals surface area contributed by atoms with Crippen LogP contribution in [0.2, 0.25) is 0 Å². The molecule has 1 aromatic carbocycles. The van der Waals surface area contributed by atoms with Crippen LogP contribution in [-0.2, 0) is 9.59 Å². The van der Waals surface area contributed by atoms with E-state index in [1.807, 2.05) is 0 Å². The Labute approximate surface area is 112 Å². The Hall–Kier alpha value is -2.08. The van der Waals surface area contributed by atoms with E-state index >= 15 is 0 Å². The molecule has 4 N–H and O–H groups in total. The van der Waals surface area contributed by atoms with Crippen LogP contribution < -0.4 is 21.1 Å². The van der Waals surface area contributed by atoms with Crippen LogP contribution in [0.15, 0.2) is 18.2 Å². The van der Waals surface area contributed by atoms with Crippen molar-refractivity contribution in [2.75, 3.05) is 24.3 Å². The molecule has 104 valence electrons. The van der Waals surface area contributed by atoms with E-state index < -0.39 is 0 Å². The van der Waals surface area contributed by atoms with Crippen LogP contribution >= 0.6 is 0 Å². The van der Waals surface area contributed by atoms with Crippen molar-refractivity contribution in [3.8, 4) is 5.75 Å². The number of hydrogen-bond acceptors (Lipinski definition) is 4. The van der Waals surface area contributed by atoms with Crippen molar-refractivity contribution in [3.05, 3.63) is 18.2 Å². The highest BCUT2D eigenvalue weighted by Crippen LogP contribution is 2.28. The Balaban J connectivity index is 2.95. The summed E-state index contributed by atoms with van der Waals surface area (Å²) < 4.78 is 5.16. The van der Waals surface area contributed by atoms with Gasteiger partial charge in [0.15, 0.2) is 0 Å². The second kappa shape index (κ2) is 6.75. The lowest BCUT2D eigenvalue weighted by atomic mass is 10.1. The summed E-state index contributed by atoms with van der Waals surface area (Å²) >= 11 is 0.